The van der Waals surface area contributed by atoms with Crippen LogP contribution in [0, 0.1) is 0 Å². The normalized spacial score (nSPS) is 11.8. The quantitative estimate of drug-likeness (QED) is 0.449. The Bertz CT molecular complexity index is 557. The van der Waals surface area contributed by atoms with Crippen molar-refractivity contribution in [3.8, 4) is 5.75 Å². The molecule has 0 radical (unpaired) electrons. The average Bonchev–Trinajstić information content (AvgIpc) is 2.49. The van der Waals surface area contributed by atoms with Crippen molar-refractivity contribution in [1.29, 1.82) is 0 Å². The van der Waals surface area contributed by atoms with Crippen LogP contribution in [0.2, 0.25) is 0 Å². The second-order valence-corrected chi connectivity index (χ2v) is 5.54. The van der Waals surface area contributed by atoms with Crippen molar-refractivity contribution in [2.45, 2.75) is 16.6 Å². The van der Waals surface area contributed by atoms with Gasteiger partial charge >= 0.3 is 0 Å². The maximum atomic E-state index is 11.8. The fourth-order valence-corrected chi connectivity index (χ4v) is 2.83. The molecule has 0 aliphatic carbocycles. The summed E-state index contributed by atoms with van der Waals surface area (Å²) in [7, 11) is 0. The van der Waals surface area contributed by atoms with Crippen molar-refractivity contribution >= 4 is 17.7 Å². The number of benzene rings is 2. The molecule has 1 unspecified atom stereocenters. The summed E-state index contributed by atoms with van der Waals surface area (Å²) in [6.45, 7) is 0. The molecular weight excluding hydrogens is 274 g/mol. The lowest BCUT2D eigenvalue weighted by Gasteiger charge is -2.14. The predicted molar refractivity (Wildman–Crippen MR) is 77.8 cm³/mol. The first kappa shape index (κ1) is 14.4. The minimum absolute atomic E-state index is 0.181. The highest BCUT2D eigenvalue weighted by Gasteiger charge is 2.20. The lowest BCUT2D eigenvalue weighted by Crippen LogP contribution is -2.31. The monoisotopic (exact) mass is 289 g/mol. The second-order valence-electron chi connectivity index (χ2n) is 4.27. The average molecular weight is 289 g/mol. The van der Waals surface area contributed by atoms with E-state index >= 15 is 0 Å². The number of rotatable bonds is 5. The Morgan fingerprint density at radius 3 is 2.35 bits per heavy atom. The largest absolute Gasteiger partial charge is 0.508 e. The first-order valence-corrected chi connectivity index (χ1v) is 7.00. The number of hydroxylamine groups is 1. The van der Waals surface area contributed by atoms with Crippen LogP contribution < -0.4 is 5.48 Å². The van der Waals surface area contributed by atoms with Crippen LogP contribution in [0.25, 0.3) is 0 Å². The first-order chi connectivity index (χ1) is 9.69. The van der Waals surface area contributed by atoms with Crippen LogP contribution >= 0.6 is 11.8 Å². The maximum absolute atomic E-state index is 11.8. The molecule has 2 rings (SSSR count). The number of hydrogen-bond acceptors (Lipinski definition) is 4. The Morgan fingerprint density at radius 2 is 1.75 bits per heavy atom. The van der Waals surface area contributed by atoms with Gasteiger partial charge in [-0.2, -0.15) is 0 Å². The van der Waals surface area contributed by atoms with Crippen LogP contribution in [0.5, 0.6) is 5.75 Å². The summed E-state index contributed by atoms with van der Waals surface area (Å²) >= 11 is 1.34. The zero-order valence-corrected chi connectivity index (χ0v) is 11.5. The van der Waals surface area contributed by atoms with Gasteiger partial charge in [-0.05, 0) is 36.2 Å². The molecule has 0 fully saturated rings. The van der Waals surface area contributed by atoms with E-state index in [9.17, 15) is 9.90 Å². The van der Waals surface area contributed by atoms with E-state index in [-0.39, 0.29) is 5.75 Å². The molecule has 0 spiro atoms. The van der Waals surface area contributed by atoms with Crippen molar-refractivity contribution < 1.29 is 15.1 Å². The molecule has 0 bridgehead atoms. The topological polar surface area (TPSA) is 69.6 Å². The molecule has 2 aromatic rings. The zero-order chi connectivity index (χ0) is 14.4. The van der Waals surface area contributed by atoms with Gasteiger partial charge in [-0.15, -0.1) is 11.8 Å². The van der Waals surface area contributed by atoms with Gasteiger partial charge in [0.15, 0.2) is 0 Å². The number of phenols is 1. The summed E-state index contributed by atoms with van der Waals surface area (Å²) in [5.41, 5.74) is 2.73. The Labute approximate surface area is 121 Å². The number of nitrogens with one attached hydrogen (secondary N) is 1. The first-order valence-electron chi connectivity index (χ1n) is 6.12. The lowest BCUT2D eigenvalue weighted by atomic mass is 10.1. The van der Waals surface area contributed by atoms with Gasteiger partial charge in [0.05, 0.1) is 5.25 Å². The fourth-order valence-electron chi connectivity index (χ4n) is 1.78. The molecule has 2 aromatic carbocycles. The molecule has 0 aromatic heterocycles. The number of amides is 1. The van der Waals surface area contributed by atoms with Gasteiger partial charge in [-0.25, -0.2) is 5.48 Å². The summed E-state index contributed by atoms with van der Waals surface area (Å²) in [4.78, 5) is 12.6. The minimum Gasteiger partial charge on any atom is -0.508 e. The fraction of sp³-hybridized carbons (Fsp3) is 0.133. The van der Waals surface area contributed by atoms with Crippen LogP contribution in [0.3, 0.4) is 0 Å². The van der Waals surface area contributed by atoms with E-state index in [2.05, 4.69) is 0 Å². The number of carbonyl (C=O) groups excluding carboxylic acids is 1. The summed E-state index contributed by atoms with van der Waals surface area (Å²) < 4.78 is 0. The van der Waals surface area contributed by atoms with E-state index in [4.69, 9.17) is 5.21 Å². The van der Waals surface area contributed by atoms with Crippen molar-refractivity contribution in [2.24, 2.45) is 0 Å². The van der Waals surface area contributed by atoms with Crippen LogP contribution in [0.4, 0.5) is 0 Å². The SMILES string of the molecule is O=C(NO)C(Cc1ccccc1)Sc1ccc(O)cc1. The minimum atomic E-state index is -0.438. The van der Waals surface area contributed by atoms with Gasteiger partial charge in [0.2, 0.25) is 0 Å². The van der Waals surface area contributed by atoms with E-state index in [1.54, 1.807) is 29.7 Å². The Balaban J connectivity index is 2.11. The molecule has 5 heteroatoms. The number of thioether (sulfide) groups is 1. The third kappa shape index (κ3) is 4.01. The van der Waals surface area contributed by atoms with Gasteiger partial charge in [0, 0.05) is 4.90 Å². The molecule has 1 atom stereocenters. The van der Waals surface area contributed by atoms with E-state index in [1.807, 2.05) is 30.3 Å². The molecule has 0 saturated heterocycles. The van der Waals surface area contributed by atoms with E-state index in [1.165, 1.54) is 11.8 Å². The molecule has 0 heterocycles. The van der Waals surface area contributed by atoms with E-state index in [0.29, 0.717) is 6.42 Å². The van der Waals surface area contributed by atoms with Gasteiger partial charge in [0.25, 0.3) is 5.91 Å². The second kappa shape index (κ2) is 6.98. The van der Waals surface area contributed by atoms with Crippen molar-refractivity contribution in [3.05, 3.63) is 60.2 Å². The molecule has 20 heavy (non-hydrogen) atoms. The van der Waals surface area contributed by atoms with Gasteiger partial charge in [0.1, 0.15) is 5.75 Å². The molecule has 0 aliphatic heterocycles. The predicted octanol–water partition coefficient (Wildman–Crippen LogP) is 2.60. The van der Waals surface area contributed by atoms with Gasteiger partial charge < -0.3 is 5.11 Å². The highest BCUT2D eigenvalue weighted by molar-refractivity contribution is 8.00. The highest BCUT2D eigenvalue weighted by Crippen LogP contribution is 2.27. The highest BCUT2D eigenvalue weighted by atomic mass is 32.2. The number of carbonyl (C=O) groups is 1. The van der Waals surface area contributed by atoms with Crippen LogP contribution in [-0.2, 0) is 11.2 Å². The smallest absolute Gasteiger partial charge is 0.257 e. The third-order valence-electron chi connectivity index (χ3n) is 2.78. The number of aromatic hydroxyl groups is 1. The summed E-state index contributed by atoms with van der Waals surface area (Å²) in [5, 5.41) is 17.7. The standard InChI is InChI=1S/C15H15NO3S/c17-12-6-8-13(9-7-12)20-14(15(18)16-19)10-11-4-2-1-3-5-11/h1-9,14,17,19H,10H2,(H,16,18). The maximum Gasteiger partial charge on any atom is 0.257 e. The third-order valence-corrected chi connectivity index (χ3v) is 3.99. The van der Waals surface area contributed by atoms with E-state index in [0.717, 1.165) is 10.5 Å². The number of hydrogen-bond donors (Lipinski definition) is 3. The Kier molecular flexibility index (Phi) is 5.03. The number of phenolic OH excluding ortho intramolecular Hbond substituents is 1. The summed E-state index contributed by atoms with van der Waals surface area (Å²) in [6.07, 6.45) is 0.513. The molecule has 3 N–H and O–H groups in total. The van der Waals surface area contributed by atoms with Gasteiger partial charge in [-0.1, -0.05) is 30.3 Å². The van der Waals surface area contributed by atoms with E-state index < -0.39 is 11.2 Å². The van der Waals surface area contributed by atoms with Crippen LogP contribution in [0.15, 0.2) is 59.5 Å². The van der Waals surface area contributed by atoms with Crippen molar-refractivity contribution in [2.75, 3.05) is 0 Å². The molecular formula is C15H15NO3S. The summed E-state index contributed by atoms with van der Waals surface area (Å²) in [5.74, 6) is -0.257. The zero-order valence-electron chi connectivity index (χ0n) is 10.7. The van der Waals surface area contributed by atoms with Crippen molar-refractivity contribution in [1.82, 2.24) is 5.48 Å². The van der Waals surface area contributed by atoms with Gasteiger partial charge in [-0.3, -0.25) is 10.0 Å². The van der Waals surface area contributed by atoms with Crippen LogP contribution in [0.1, 0.15) is 5.56 Å². The molecule has 0 aliphatic rings. The molecule has 104 valence electrons. The molecule has 0 saturated carbocycles. The Morgan fingerprint density at radius 1 is 1.10 bits per heavy atom. The van der Waals surface area contributed by atoms with Crippen LogP contribution in [-0.4, -0.2) is 21.5 Å². The molecule has 4 nitrogen and oxygen atoms in total. The Hall–Kier alpha value is -1.98. The lowest BCUT2D eigenvalue weighted by molar-refractivity contribution is -0.128. The summed E-state index contributed by atoms with van der Waals surface area (Å²) in [6, 6.07) is 16.2. The molecule has 1 amide bonds. The van der Waals surface area contributed by atoms with Crippen molar-refractivity contribution in [3.63, 3.8) is 0 Å².